The van der Waals surface area contributed by atoms with E-state index in [9.17, 15) is 9.59 Å². The molecule has 0 radical (unpaired) electrons. The lowest BCUT2D eigenvalue weighted by molar-refractivity contribution is -0.113. The molecule has 244 valence electrons. The summed E-state index contributed by atoms with van der Waals surface area (Å²) in [5.41, 5.74) is 3.54. The van der Waals surface area contributed by atoms with Crippen LogP contribution in [-0.4, -0.2) is 24.2 Å². The van der Waals surface area contributed by atoms with Crippen molar-refractivity contribution in [1.29, 1.82) is 0 Å². The van der Waals surface area contributed by atoms with Gasteiger partial charge in [0.2, 0.25) is 0 Å². The highest BCUT2D eigenvalue weighted by Gasteiger charge is 2.32. The van der Waals surface area contributed by atoms with Crippen LogP contribution in [0.4, 0.5) is 5.69 Å². The van der Waals surface area contributed by atoms with Gasteiger partial charge in [-0.05, 0) is 79.6 Å². The number of fused-ring (bicyclic) bond motifs is 1. The molecule has 8 nitrogen and oxygen atoms in total. The summed E-state index contributed by atoms with van der Waals surface area (Å²) in [6, 6.07) is 26.5. The molecule has 0 bridgehead atoms. The smallest absolute Gasteiger partial charge is 0.271 e. The number of para-hydroxylation sites is 1. The number of methoxy groups -OCH3 is 1. The van der Waals surface area contributed by atoms with Gasteiger partial charge in [0.15, 0.2) is 16.3 Å². The first-order valence-electron chi connectivity index (χ1n) is 15.1. The van der Waals surface area contributed by atoms with Gasteiger partial charge in [0.25, 0.3) is 11.5 Å². The number of thiazole rings is 1. The molecule has 1 aliphatic rings. The van der Waals surface area contributed by atoms with E-state index < -0.39 is 6.04 Å². The molecule has 48 heavy (non-hydrogen) atoms. The zero-order chi connectivity index (χ0) is 33.8. The molecule has 1 atom stereocenters. The summed E-state index contributed by atoms with van der Waals surface area (Å²) in [6.07, 6.45) is 1.79. The first-order valence-corrected chi connectivity index (χ1v) is 16.7. The molecule has 11 heteroatoms. The highest BCUT2D eigenvalue weighted by atomic mass is 35.5. The fourth-order valence-electron chi connectivity index (χ4n) is 5.38. The maximum absolute atomic E-state index is 14.2. The lowest BCUT2D eigenvalue weighted by Crippen LogP contribution is -2.40. The zero-order valence-corrected chi connectivity index (χ0v) is 28.7. The van der Waals surface area contributed by atoms with E-state index in [1.165, 1.54) is 11.3 Å². The van der Waals surface area contributed by atoms with E-state index in [0.717, 1.165) is 16.7 Å². The molecule has 5 aromatic rings. The molecule has 1 N–H and O–H groups in total. The normalized spacial score (nSPS) is 14.3. The number of carbonyl (C=O) groups excluding carboxylic acids is 1. The van der Waals surface area contributed by atoms with Crippen molar-refractivity contribution in [2.24, 2.45) is 4.99 Å². The number of benzene rings is 4. The molecular formula is C37H31Cl2N3O5S. The SMILES string of the molecule is CCOc1cc(/C=c2/sc3n(c2=O)[C@H](c2ccc(OC)cc2)C(C(=O)Nc2ccccc2)=C(C)N=3)ccc1OCc1ccc(Cl)cc1Cl. The minimum Gasteiger partial charge on any atom is -0.497 e. The Kier molecular flexibility index (Phi) is 10.0. The molecule has 1 aromatic heterocycles. The number of anilines is 1. The van der Waals surface area contributed by atoms with Crippen molar-refractivity contribution >= 4 is 52.2 Å². The maximum Gasteiger partial charge on any atom is 0.271 e. The number of hydrogen-bond donors (Lipinski definition) is 1. The van der Waals surface area contributed by atoms with Crippen LogP contribution in [0.15, 0.2) is 112 Å². The van der Waals surface area contributed by atoms with Gasteiger partial charge in [-0.25, -0.2) is 4.99 Å². The Morgan fingerprint density at radius 2 is 1.75 bits per heavy atom. The van der Waals surface area contributed by atoms with E-state index in [1.54, 1.807) is 42.9 Å². The van der Waals surface area contributed by atoms with Gasteiger partial charge < -0.3 is 19.5 Å². The van der Waals surface area contributed by atoms with Gasteiger partial charge in [0.1, 0.15) is 12.4 Å². The third kappa shape index (κ3) is 7.04. The Balaban J connectivity index is 1.38. The third-order valence-electron chi connectivity index (χ3n) is 7.69. The summed E-state index contributed by atoms with van der Waals surface area (Å²) >= 11 is 13.6. The van der Waals surface area contributed by atoms with E-state index in [1.807, 2.05) is 79.7 Å². The lowest BCUT2D eigenvalue weighted by atomic mass is 9.95. The number of nitrogens with zero attached hydrogens (tertiary/aromatic N) is 2. The van der Waals surface area contributed by atoms with Crippen LogP contribution < -0.4 is 34.4 Å². The fraction of sp³-hybridized carbons (Fsp3) is 0.162. The lowest BCUT2D eigenvalue weighted by Gasteiger charge is -2.25. The van der Waals surface area contributed by atoms with Gasteiger partial charge in [0.05, 0.1) is 35.6 Å². The number of allylic oxidation sites excluding steroid dienone is 1. The molecule has 1 aliphatic heterocycles. The zero-order valence-electron chi connectivity index (χ0n) is 26.3. The van der Waals surface area contributed by atoms with Crippen molar-refractivity contribution in [3.63, 3.8) is 0 Å². The molecule has 0 aliphatic carbocycles. The summed E-state index contributed by atoms with van der Waals surface area (Å²) in [4.78, 5) is 33.2. The topological polar surface area (TPSA) is 91.2 Å². The van der Waals surface area contributed by atoms with Crippen molar-refractivity contribution in [2.45, 2.75) is 26.5 Å². The van der Waals surface area contributed by atoms with Gasteiger partial charge in [-0.2, -0.15) is 0 Å². The molecule has 0 unspecified atom stereocenters. The molecule has 0 saturated carbocycles. The molecule has 0 fully saturated rings. The van der Waals surface area contributed by atoms with E-state index in [0.29, 0.717) is 60.2 Å². The van der Waals surface area contributed by atoms with Crippen LogP contribution >= 0.6 is 34.5 Å². The van der Waals surface area contributed by atoms with E-state index in [4.69, 9.17) is 42.4 Å². The molecule has 0 spiro atoms. The summed E-state index contributed by atoms with van der Waals surface area (Å²) in [6.45, 7) is 4.31. The second kappa shape index (κ2) is 14.5. The monoisotopic (exact) mass is 699 g/mol. The van der Waals surface area contributed by atoms with Crippen LogP contribution in [-0.2, 0) is 11.4 Å². The average molecular weight is 701 g/mol. The molecule has 0 saturated heterocycles. The Morgan fingerprint density at radius 1 is 0.979 bits per heavy atom. The second-order valence-corrected chi connectivity index (χ2v) is 12.7. The molecule has 6 rings (SSSR count). The van der Waals surface area contributed by atoms with Crippen molar-refractivity contribution in [3.8, 4) is 17.2 Å². The highest BCUT2D eigenvalue weighted by molar-refractivity contribution is 7.07. The summed E-state index contributed by atoms with van der Waals surface area (Å²) in [5.74, 6) is 1.38. The van der Waals surface area contributed by atoms with Gasteiger partial charge in [-0.1, -0.05) is 77.0 Å². The molecule has 1 amide bonds. The van der Waals surface area contributed by atoms with E-state index in [2.05, 4.69) is 5.32 Å². The summed E-state index contributed by atoms with van der Waals surface area (Å²) in [7, 11) is 1.59. The largest absolute Gasteiger partial charge is 0.497 e. The van der Waals surface area contributed by atoms with E-state index >= 15 is 0 Å². The van der Waals surface area contributed by atoms with Crippen molar-refractivity contribution in [1.82, 2.24) is 4.57 Å². The van der Waals surface area contributed by atoms with Crippen LogP contribution in [0.3, 0.4) is 0 Å². The fourth-order valence-corrected chi connectivity index (χ4v) is 6.89. The molecule has 4 aromatic carbocycles. The minimum atomic E-state index is -0.715. The highest BCUT2D eigenvalue weighted by Crippen LogP contribution is 2.33. The van der Waals surface area contributed by atoms with Gasteiger partial charge in [-0.15, -0.1) is 0 Å². The Labute approximate surface area is 291 Å². The number of halogens is 2. The second-order valence-electron chi connectivity index (χ2n) is 10.8. The quantitative estimate of drug-likeness (QED) is 0.167. The predicted molar refractivity (Wildman–Crippen MR) is 190 cm³/mol. The van der Waals surface area contributed by atoms with Crippen LogP contribution in [0.2, 0.25) is 10.0 Å². The first kappa shape index (κ1) is 33.1. The third-order valence-corrected chi connectivity index (χ3v) is 9.26. The number of ether oxygens (including phenoxy) is 3. The Morgan fingerprint density at radius 3 is 2.46 bits per heavy atom. The van der Waals surface area contributed by atoms with Crippen LogP contribution in [0.5, 0.6) is 17.2 Å². The Bertz CT molecular complexity index is 2200. The summed E-state index contributed by atoms with van der Waals surface area (Å²) < 4.78 is 19.4. The predicted octanol–water partition coefficient (Wildman–Crippen LogP) is 7.17. The Hall–Kier alpha value is -4.83. The van der Waals surface area contributed by atoms with Gasteiger partial charge in [-0.3, -0.25) is 14.2 Å². The van der Waals surface area contributed by atoms with Crippen LogP contribution in [0, 0.1) is 0 Å². The standard InChI is InChI=1S/C37H31Cl2N3O5S/c1-4-46-31-18-23(10-17-30(31)47-21-25-11-14-26(38)20-29(25)39)19-32-36(44)42-34(24-12-15-28(45-3)16-13-24)33(22(2)40-37(42)48-32)35(43)41-27-8-6-5-7-9-27/h5-20,34H,4,21H2,1-3H3,(H,41,43)/b32-19+/t34-/m1/s1. The number of nitrogens with one attached hydrogen (secondary N) is 1. The molecule has 2 heterocycles. The number of amides is 1. The first-order chi connectivity index (χ1) is 23.2. The van der Waals surface area contributed by atoms with Crippen molar-refractivity contribution in [3.05, 3.63) is 149 Å². The van der Waals surface area contributed by atoms with Crippen molar-refractivity contribution in [2.75, 3.05) is 19.0 Å². The van der Waals surface area contributed by atoms with Crippen LogP contribution in [0.25, 0.3) is 6.08 Å². The summed E-state index contributed by atoms with van der Waals surface area (Å²) in [5, 5.41) is 4.03. The number of carbonyl (C=O) groups is 1. The van der Waals surface area contributed by atoms with E-state index in [-0.39, 0.29) is 18.1 Å². The minimum absolute atomic E-state index is 0.221. The molecular weight excluding hydrogens is 669 g/mol. The number of aromatic nitrogens is 1. The maximum atomic E-state index is 14.2. The van der Waals surface area contributed by atoms with Crippen LogP contribution in [0.1, 0.15) is 36.6 Å². The van der Waals surface area contributed by atoms with Crippen molar-refractivity contribution < 1.29 is 19.0 Å². The van der Waals surface area contributed by atoms with Gasteiger partial charge in [0, 0.05) is 21.3 Å². The number of rotatable bonds is 10. The average Bonchev–Trinajstić information content (AvgIpc) is 3.38. The van der Waals surface area contributed by atoms with Gasteiger partial charge >= 0.3 is 0 Å². The number of hydrogen-bond acceptors (Lipinski definition) is 7.